The molecule has 3 heteroatoms. The van der Waals surface area contributed by atoms with E-state index in [1.165, 1.54) is 33.4 Å². The van der Waals surface area contributed by atoms with Gasteiger partial charge in [-0.1, -0.05) is 96.0 Å². The van der Waals surface area contributed by atoms with Crippen LogP contribution in [0.1, 0.15) is 63.5 Å². The van der Waals surface area contributed by atoms with Crippen molar-refractivity contribution in [2.75, 3.05) is 5.32 Å². The van der Waals surface area contributed by atoms with E-state index >= 15 is 0 Å². The predicted octanol–water partition coefficient (Wildman–Crippen LogP) is 11.3. The number of nitrogens with one attached hydrogen (secondary N) is 1. The van der Waals surface area contributed by atoms with Crippen LogP contribution >= 0.6 is 31.9 Å². The van der Waals surface area contributed by atoms with Gasteiger partial charge in [-0.3, -0.25) is 0 Å². The molecule has 0 aliphatic rings. The quantitative estimate of drug-likeness (QED) is 0.215. The topological polar surface area (TPSA) is 12.0 Å². The fraction of sp³-hybridized carbons (Fsp3) is 0.250. The third-order valence-corrected chi connectivity index (χ3v) is 8.09. The second-order valence-electron chi connectivity index (χ2n) is 9.37. The van der Waals surface area contributed by atoms with Crippen molar-refractivity contribution in [3.63, 3.8) is 0 Å². The Morgan fingerprint density at radius 2 is 0.943 bits per heavy atom. The number of anilines is 2. The van der Waals surface area contributed by atoms with Crippen molar-refractivity contribution in [1.82, 2.24) is 0 Å². The van der Waals surface area contributed by atoms with Gasteiger partial charge < -0.3 is 5.32 Å². The number of rotatable bonds is 8. The lowest BCUT2D eigenvalue weighted by Crippen LogP contribution is -2.00. The third kappa shape index (κ3) is 6.08. The molecule has 1 nitrogen and oxygen atoms in total. The maximum atomic E-state index is 3.81. The van der Waals surface area contributed by atoms with Gasteiger partial charge in [0.05, 0.1) is 0 Å². The highest BCUT2D eigenvalue weighted by Crippen LogP contribution is 2.39. The van der Waals surface area contributed by atoms with E-state index in [0.717, 1.165) is 33.2 Å². The van der Waals surface area contributed by atoms with E-state index < -0.39 is 0 Å². The molecule has 4 aromatic carbocycles. The SMILES string of the molecule is CCC(C)c1ccc(Nc2ccc(C(C)CC)cc2-c2ccc(Br)cc2)c(-c2ccc(Br)cc2)c1. The first-order chi connectivity index (χ1) is 16.9. The van der Waals surface area contributed by atoms with Gasteiger partial charge in [0, 0.05) is 31.4 Å². The molecule has 0 heterocycles. The zero-order valence-corrected chi connectivity index (χ0v) is 24.1. The van der Waals surface area contributed by atoms with E-state index in [1.54, 1.807) is 0 Å². The summed E-state index contributed by atoms with van der Waals surface area (Å²) in [7, 11) is 0. The Kier molecular flexibility index (Phi) is 8.51. The smallest absolute Gasteiger partial charge is 0.0464 e. The Labute approximate surface area is 227 Å². The lowest BCUT2D eigenvalue weighted by atomic mass is 9.92. The van der Waals surface area contributed by atoms with Crippen molar-refractivity contribution in [2.45, 2.75) is 52.4 Å². The second-order valence-corrected chi connectivity index (χ2v) is 11.2. The predicted molar refractivity (Wildman–Crippen MR) is 160 cm³/mol. The van der Waals surface area contributed by atoms with Gasteiger partial charge in [-0.15, -0.1) is 0 Å². The lowest BCUT2D eigenvalue weighted by molar-refractivity contribution is 0.734. The molecule has 0 fully saturated rings. The molecule has 0 radical (unpaired) electrons. The van der Waals surface area contributed by atoms with Gasteiger partial charge in [0.15, 0.2) is 0 Å². The number of hydrogen-bond donors (Lipinski definition) is 1. The van der Waals surface area contributed by atoms with Crippen molar-refractivity contribution < 1.29 is 0 Å². The maximum Gasteiger partial charge on any atom is 0.0464 e. The normalized spacial score (nSPS) is 12.9. The molecule has 0 spiro atoms. The second kappa shape index (κ2) is 11.6. The summed E-state index contributed by atoms with van der Waals surface area (Å²) in [6.45, 7) is 9.10. The molecule has 0 saturated heterocycles. The van der Waals surface area contributed by atoms with Crippen molar-refractivity contribution >= 4 is 43.2 Å². The average molecular weight is 591 g/mol. The third-order valence-electron chi connectivity index (χ3n) is 7.03. The monoisotopic (exact) mass is 589 g/mol. The first-order valence-electron chi connectivity index (χ1n) is 12.5. The van der Waals surface area contributed by atoms with Crippen LogP contribution in [0.15, 0.2) is 93.9 Å². The van der Waals surface area contributed by atoms with Crippen LogP contribution in [0.4, 0.5) is 11.4 Å². The minimum Gasteiger partial charge on any atom is -0.355 e. The molecule has 0 amide bonds. The molecule has 0 aliphatic carbocycles. The van der Waals surface area contributed by atoms with Crippen LogP contribution in [0.25, 0.3) is 22.3 Å². The highest BCUT2D eigenvalue weighted by atomic mass is 79.9. The van der Waals surface area contributed by atoms with E-state index in [2.05, 4.69) is 150 Å². The molecule has 4 aromatic rings. The first-order valence-corrected chi connectivity index (χ1v) is 14.0. The Balaban J connectivity index is 1.83. The van der Waals surface area contributed by atoms with Gasteiger partial charge >= 0.3 is 0 Å². The Morgan fingerprint density at radius 1 is 0.571 bits per heavy atom. The number of hydrogen-bond acceptors (Lipinski definition) is 1. The highest BCUT2D eigenvalue weighted by molar-refractivity contribution is 9.10. The van der Waals surface area contributed by atoms with Crippen LogP contribution in [-0.4, -0.2) is 0 Å². The van der Waals surface area contributed by atoms with Gasteiger partial charge in [0.1, 0.15) is 0 Å². The van der Waals surface area contributed by atoms with Crippen LogP contribution in [0.2, 0.25) is 0 Å². The summed E-state index contributed by atoms with van der Waals surface area (Å²) in [5.74, 6) is 1.04. The fourth-order valence-corrected chi connectivity index (χ4v) is 4.84. The molecule has 2 unspecified atom stereocenters. The van der Waals surface area contributed by atoms with Crippen molar-refractivity contribution in [3.8, 4) is 22.3 Å². The summed E-state index contributed by atoms with van der Waals surface area (Å²) in [5, 5.41) is 3.81. The molecule has 35 heavy (non-hydrogen) atoms. The average Bonchev–Trinajstić information content (AvgIpc) is 2.89. The molecule has 4 rings (SSSR count). The Bertz CT molecular complexity index is 1180. The number of halogens is 2. The van der Waals surface area contributed by atoms with Gasteiger partial charge in [0.25, 0.3) is 0 Å². The molecule has 0 aliphatic heterocycles. The van der Waals surface area contributed by atoms with Crippen LogP contribution < -0.4 is 5.32 Å². The van der Waals surface area contributed by atoms with E-state index in [4.69, 9.17) is 0 Å². The van der Waals surface area contributed by atoms with Crippen molar-refractivity contribution in [3.05, 3.63) is 105 Å². The molecule has 180 valence electrons. The molecule has 0 aromatic heterocycles. The highest BCUT2D eigenvalue weighted by Gasteiger charge is 2.14. The minimum atomic E-state index is 0.520. The molecule has 0 bridgehead atoms. The lowest BCUT2D eigenvalue weighted by Gasteiger charge is -2.20. The summed E-state index contributed by atoms with van der Waals surface area (Å²) in [6.07, 6.45) is 2.24. The molecule has 2 atom stereocenters. The summed E-state index contributed by atoms with van der Waals surface area (Å²) in [4.78, 5) is 0. The Hall–Kier alpha value is -2.36. The van der Waals surface area contributed by atoms with Crippen LogP contribution in [0.3, 0.4) is 0 Å². The van der Waals surface area contributed by atoms with Gasteiger partial charge in [-0.2, -0.15) is 0 Å². The van der Waals surface area contributed by atoms with Gasteiger partial charge in [-0.05, 0) is 95.5 Å². The largest absolute Gasteiger partial charge is 0.355 e. The van der Waals surface area contributed by atoms with Crippen LogP contribution in [0.5, 0.6) is 0 Å². The van der Waals surface area contributed by atoms with Crippen LogP contribution in [0, 0.1) is 0 Å². The van der Waals surface area contributed by atoms with E-state index in [-0.39, 0.29) is 0 Å². The fourth-order valence-electron chi connectivity index (χ4n) is 4.31. The zero-order valence-electron chi connectivity index (χ0n) is 20.9. The maximum absolute atomic E-state index is 3.81. The summed E-state index contributed by atoms with van der Waals surface area (Å²) in [5.41, 5.74) is 9.85. The van der Waals surface area contributed by atoms with Gasteiger partial charge in [0.2, 0.25) is 0 Å². The summed E-state index contributed by atoms with van der Waals surface area (Å²) < 4.78 is 2.18. The minimum absolute atomic E-state index is 0.520. The van der Waals surface area contributed by atoms with E-state index in [1.807, 2.05) is 0 Å². The van der Waals surface area contributed by atoms with E-state index in [9.17, 15) is 0 Å². The molecular formula is C32H33Br2N. The number of benzene rings is 4. The first kappa shape index (κ1) is 25.7. The van der Waals surface area contributed by atoms with Crippen molar-refractivity contribution in [2.24, 2.45) is 0 Å². The zero-order chi connectivity index (χ0) is 24.9. The Morgan fingerprint density at radius 3 is 1.29 bits per heavy atom. The molecular weight excluding hydrogens is 558 g/mol. The van der Waals surface area contributed by atoms with E-state index in [0.29, 0.717) is 11.8 Å². The molecule has 1 N–H and O–H groups in total. The summed E-state index contributed by atoms with van der Waals surface area (Å²) >= 11 is 7.17. The van der Waals surface area contributed by atoms with Crippen molar-refractivity contribution in [1.29, 1.82) is 0 Å². The van der Waals surface area contributed by atoms with Crippen LogP contribution in [-0.2, 0) is 0 Å². The van der Waals surface area contributed by atoms with Gasteiger partial charge in [-0.25, -0.2) is 0 Å². The summed E-state index contributed by atoms with van der Waals surface area (Å²) in [6, 6.07) is 30.9. The standard InChI is InChI=1S/C32H33Br2N/c1-5-21(3)25-11-17-31(29(19-25)23-7-13-27(33)14-8-23)35-32-18-12-26(22(4)6-2)20-30(32)24-9-15-28(34)16-10-24/h7-22,35H,5-6H2,1-4H3. The molecule has 0 saturated carbocycles.